The van der Waals surface area contributed by atoms with Crippen molar-refractivity contribution in [2.75, 3.05) is 25.5 Å². The minimum Gasteiger partial charge on any atom is -0.369 e. The first kappa shape index (κ1) is 21.3. The van der Waals surface area contributed by atoms with Gasteiger partial charge in [-0.25, -0.2) is 4.98 Å². The summed E-state index contributed by atoms with van der Waals surface area (Å²) in [4.78, 5) is 19.0. The van der Waals surface area contributed by atoms with Crippen LogP contribution >= 0.6 is 12.4 Å². The summed E-state index contributed by atoms with van der Waals surface area (Å²) in [6.45, 7) is 3.17. The number of anilines is 1. The molecule has 2 aromatic carbocycles. The number of nitrogens with one attached hydrogen (secondary N) is 2. The molecule has 0 fully saturated rings. The molecule has 0 saturated carbocycles. The molecule has 2 heterocycles. The quantitative estimate of drug-likeness (QED) is 0.610. The first-order chi connectivity index (χ1) is 14.7. The van der Waals surface area contributed by atoms with Crippen LogP contribution in [0.15, 0.2) is 48.7 Å². The second-order valence-corrected chi connectivity index (χ2v) is 8.13. The Morgan fingerprint density at radius 2 is 1.97 bits per heavy atom. The number of hydrogen-bond acceptors (Lipinski definition) is 4. The van der Waals surface area contributed by atoms with Crippen LogP contribution in [0.2, 0.25) is 0 Å². The number of likely N-dealkylation sites (N-methyl/N-ethyl adjacent to an activating group) is 1. The van der Waals surface area contributed by atoms with Crippen LogP contribution in [0.1, 0.15) is 27.8 Å². The highest BCUT2D eigenvalue weighted by atomic mass is 35.5. The van der Waals surface area contributed by atoms with Crippen LogP contribution in [-0.2, 0) is 30.7 Å². The van der Waals surface area contributed by atoms with Crippen LogP contribution in [0, 0.1) is 0 Å². The van der Waals surface area contributed by atoms with Gasteiger partial charge in [-0.2, -0.15) is 0 Å². The van der Waals surface area contributed by atoms with Crippen molar-refractivity contribution >= 4 is 41.0 Å². The molecule has 0 spiro atoms. The van der Waals surface area contributed by atoms with E-state index < -0.39 is 0 Å². The zero-order chi connectivity index (χ0) is 20.5. The summed E-state index contributed by atoms with van der Waals surface area (Å²) in [5.41, 5.74) is 6.12. The molecular weight excluding hydrogens is 408 g/mol. The Labute approximate surface area is 189 Å². The van der Waals surface area contributed by atoms with E-state index in [0.717, 1.165) is 49.4 Å². The van der Waals surface area contributed by atoms with E-state index in [-0.39, 0.29) is 18.3 Å². The molecule has 31 heavy (non-hydrogen) atoms. The fourth-order valence-corrected chi connectivity index (χ4v) is 4.48. The Morgan fingerprint density at radius 3 is 2.84 bits per heavy atom. The van der Waals surface area contributed by atoms with Gasteiger partial charge in [-0.1, -0.05) is 30.3 Å². The van der Waals surface area contributed by atoms with Gasteiger partial charge >= 0.3 is 0 Å². The number of fused-ring (bicyclic) bond motifs is 1. The van der Waals surface area contributed by atoms with Crippen LogP contribution in [-0.4, -0.2) is 35.9 Å². The van der Waals surface area contributed by atoms with Crippen molar-refractivity contribution in [2.24, 2.45) is 0 Å². The molecule has 5 nitrogen and oxygen atoms in total. The molecule has 1 amide bonds. The van der Waals surface area contributed by atoms with Crippen molar-refractivity contribution in [1.29, 1.82) is 0 Å². The van der Waals surface area contributed by atoms with E-state index in [4.69, 9.17) is 0 Å². The molecule has 0 bridgehead atoms. The first-order valence-corrected chi connectivity index (χ1v) is 10.6. The lowest BCUT2D eigenvalue weighted by Gasteiger charge is -2.17. The van der Waals surface area contributed by atoms with Crippen LogP contribution in [0.3, 0.4) is 0 Å². The predicted molar refractivity (Wildman–Crippen MR) is 129 cm³/mol. The summed E-state index contributed by atoms with van der Waals surface area (Å²) in [6.07, 6.45) is 7.54. The molecule has 2 aliphatic rings. The fourth-order valence-electron chi connectivity index (χ4n) is 4.48. The lowest BCUT2D eigenvalue weighted by atomic mass is 9.99. The minimum atomic E-state index is -0.00977. The van der Waals surface area contributed by atoms with Crippen molar-refractivity contribution in [3.8, 4) is 0 Å². The number of pyridine rings is 1. The maximum Gasteiger partial charge on any atom is 0.246 e. The van der Waals surface area contributed by atoms with Crippen molar-refractivity contribution in [3.05, 3.63) is 76.5 Å². The zero-order valence-electron chi connectivity index (χ0n) is 17.6. The number of halogens is 1. The average molecular weight is 435 g/mol. The molecule has 0 atom stereocenters. The van der Waals surface area contributed by atoms with E-state index in [1.165, 1.54) is 27.5 Å². The molecule has 5 rings (SSSR count). The Balaban J connectivity index is 0.00000231. The Morgan fingerprint density at radius 1 is 1.13 bits per heavy atom. The summed E-state index contributed by atoms with van der Waals surface area (Å²) < 4.78 is 0. The predicted octanol–water partition coefficient (Wildman–Crippen LogP) is 3.94. The third-order valence-electron chi connectivity index (χ3n) is 6.07. The van der Waals surface area contributed by atoms with E-state index in [9.17, 15) is 4.79 Å². The van der Waals surface area contributed by atoms with Gasteiger partial charge in [0.15, 0.2) is 0 Å². The van der Waals surface area contributed by atoms with Gasteiger partial charge < -0.3 is 15.5 Å². The number of rotatable bonds is 4. The van der Waals surface area contributed by atoms with Gasteiger partial charge in [0.25, 0.3) is 0 Å². The van der Waals surface area contributed by atoms with Crippen LogP contribution < -0.4 is 10.6 Å². The molecule has 1 aliphatic carbocycles. The number of aromatic nitrogens is 1. The average Bonchev–Trinajstić information content (AvgIpc) is 3.04. The smallest absolute Gasteiger partial charge is 0.246 e. The second-order valence-electron chi connectivity index (χ2n) is 8.13. The number of carbonyl (C=O) groups excluding carboxylic acids is 1. The molecule has 0 saturated heterocycles. The molecule has 3 aromatic rings. The normalized spacial score (nSPS) is 14.6. The van der Waals surface area contributed by atoms with E-state index in [1.807, 2.05) is 19.3 Å². The van der Waals surface area contributed by atoms with Gasteiger partial charge in [-0.15, -0.1) is 12.4 Å². The number of nitrogens with zero attached hydrogens (tertiary/aromatic N) is 2. The molecule has 1 aliphatic heterocycles. The SMILES string of the molecule is CN(Cc1ccc2c3c(cccc13)CC2)C(=O)/C=C/c1cnc2c(c1)CNCCN2.Cl. The summed E-state index contributed by atoms with van der Waals surface area (Å²) in [5, 5.41) is 9.35. The number of carbonyl (C=O) groups is 1. The minimum absolute atomic E-state index is 0. The monoisotopic (exact) mass is 434 g/mol. The molecule has 0 unspecified atom stereocenters. The molecule has 0 radical (unpaired) electrons. The lowest BCUT2D eigenvalue weighted by Crippen LogP contribution is -2.24. The second kappa shape index (κ2) is 9.08. The summed E-state index contributed by atoms with van der Waals surface area (Å²) >= 11 is 0. The zero-order valence-corrected chi connectivity index (χ0v) is 18.5. The maximum atomic E-state index is 12.7. The van der Waals surface area contributed by atoms with E-state index in [0.29, 0.717) is 6.54 Å². The van der Waals surface area contributed by atoms with Crippen LogP contribution in [0.5, 0.6) is 0 Å². The van der Waals surface area contributed by atoms with Gasteiger partial charge in [0.1, 0.15) is 5.82 Å². The highest BCUT2D eigenvalue weighted by Gasteiger charge is 2.17. The van der Waals surface area contributed by atoms with Gasteiger partial charge in [-0.3, -0.25) is 4.79 Å². The fraction of sp³-hybridized carbons (Fsp3) is 0.280. The highest BCUT2D eigenvalue weighted by molar-refractivity contribution is 5.94. The Hall–Kier alpha value is -2.89. The summed E-state index contributed by atoms with van der Waals surface area (Å²) in [7, 11) is 1.86. The Bertz CT molecular complexity index is 1150. The number of aryl methyl sites for hydroxylation is 2. The van der Waals surface area contributed by atoms with Crippen LogP contribution in [0.25, 0.3) is 16.8 Å². The largest absolute Gasteiger partial charge is 0.369 e. The van der Waals surface area contributed by atoms with Crippen molar-refractivity contribution < 1.29 is 4.79 Å². The topological polar surface area (TPSA) is 57.3 Å². The van der Waals surface area contributed by atoms with E-state index in [2.05, 4.69) is 52.0 Å². The molecule has 6 heteroatoms. The van der Waals surface area contributed by atoms with Crippen molar-refractivity contribution in [1.82, 2.24) is 15.2 Å². The van der Waals surface area contributed by atoms with Gasteiger partial charge in [0, 0.05) is 51.1 Å². The van der Waals surface area contributed by atoms with Gasteiger partial charge in [0.2, 0.25) is 5.91 Å². The third kappa shape index (κ3) is 4.29. The Kier molecular flexibility index (Phi) is 6.25. The summed E-state index contributed by atoms with van der Waals surface area (Å²) in [6, 6.07) is 13.0. The standard InChI is InChI=1S/C25H26N4O.ClH/c1-29(16-20-9-8-19-7-6-18-3-2-4-22(20)24(18)19)23(30)10-5-17-13-21-15-26-11-12-27-25(21)28-14-17;/h2-5,8-10,13-14,26H,6-7,11-12,15-16H2,1H3,(H,27,28);1H/b10-5+;. The van der Waals surface area contributed by atoms with E-state index >= 15 is 0 Å². The lowest BCUT2D eigenvalue weighted by molar-refractivity contribution is -0.125. The molecule has 2 N–H and O–H groups in total. The first-order valence-electron chi connectivity index (χ1n) is 10.6. The third-order valence-corrected chi connectivity index (χ3v) is 6.07. The molecular formula is C25H27ClN4O. The number of amides is 1. The molecule has 160 valence electrons. The number of hydrogen-bond donors (Lipinski definition) is 2. The van der Waals surface area contributed by atoms with Gasteiger partial charge in [0.05, 0.1) is 0 Å². The maximum absolute atomic E-state index is 12.7. The van der Waals surface area contributed by atoms with Crippen molar-refractivity contribution in [3.63, 3.8) is 0 Å². The molecule has 1 aromatic heterocycles. The van der Waals surface area contributed by atoms with Crippen molar-refractivity contribution in [2.45, 2.75) is 25.9 Å². The number of benzene rings is 2. The summed E-state index contributed by atoms with van der Waals surface area (Å²) in [5.74, 6) is 0.914. The van der Waals surface area contributed by atoms with E-state index in [1.54, 1.807) is 11.0 Å². The highest BCUT2D eigenvalue weighted by Crippen LogP contribution is 2.33. The van der Waals surface area contributed by atoms with Gasteiger partial charge in [-0.05, 0) is 58.0 Å². The van der Waals surface area contributed by atoms with Crippen LogP contribution in [0.4, 0.5) is 5.82 Å².